The van der Waals surface area contributed by atoms with Crippen LogP contribution in [0.2, 0.25) is 10.0 Å². The average molecular weight is 303 g/mol. The molecule has 3 nitrogen and oxygen atoms in total. The fourth-order valence-electron chi connectivity index (χ4n) is 1.38. The summed E-state index contributed by atoms with van der Waals surface area (Å²) < 4.78 is 5.45. The number of carboxylic acids is 1. The van der Waals surface area contributed by atoms with Gasteiger partial charge in [-0.2, -0.15) is 0 Å². The van der Waals surface area contributed by atoms with Gasteiger partial charge < -0.3 is 9.84 Å². The predicted molar refractivity (Wildman–Crippen MR) is 72.1 cm³/mol. The van der Waals surface area contributed by atoms with Crippen LogP contribution < -0.4 is 4.74 Å². The molecule has 0 unspecified atom stereocenters. The first-order chi connectivity index (χ1) is 8.59. The molecule has 0 aliphatic rings. The molecule has 2 rings (SSSR count). The number of carboxylic acid groups (broad SMARTS) is 1. The molecule has 1 N–H and O–H groups in total. The van der Waals surface area contributed by atoms with Crippen molar-refractivity contribution in [2.24, 2.45) is 0 Å². The molecule has 0 amide bonds. The smallest absolute Gasteiger partial charge is 0.349 e. The molecule has 0 saturated heterocycles. The largest absolute Gasteiger partial charge is 0.487 e. The lowest BCUT2D eigenvalue weighted by atomic mass is 10.2. The van der Waals surface area contributed by atoms with Gasteiger partial charge in [0.15, 0.2) is 4.88 Å². The molecule has 2 aromatic rings. The first-order valence-corrected chi connectivity index (χ1v) is 6.59. The molecule has 0 atom stereocenters. The SMILES string of the molecule is O=C(O)c1sccc1OCc1cccc(Cl)c1Cl. The van der Waals surface area contributed by atoms with E-state index in [1.165, 1.54) is 0 Å². The fraction of sp³-hybridized carbons (Fsp3) is 0.0833. The summed E-state index contributed by atoms with van der Waals surface area (Å²) in [7, 11) is 0. The molecule has 1 aromatic carbocycles. The van der Waals surface area contributed by atoms with Crippen LogP contribution in [0.3, 0.4) is 0 Å². The van der Waals surface area contributed by atoms with Crippen molar-refractivity contribution in [3.63, 3.8) is 0 Å². The standard InChI is InChI=1S/C12H8Cl2O3S/c13-8-3-1-2-7(10(8)14)6-17-9-4-5-18-11(9)12(15)16/h1-5H,6H2,(H,15,16). The number of hydrogen-bond acceptors (Lipinski definition) is 3. The summed E-state index contributed by atoms with van der Waals surface area (Å²) in [5, 5.41) is 11.5. The minimum atomic E-state index is -1.00. The monoisotopic (exact) mass is 302 g/mol. The highest BCUT2D eigenvalue weighted by Gasteiger charge is 2.13. The van der Waals surface area contributed by atoms with Crippen LogP contribution in [0.4, 0.5) is 0 Å². The van der Waals surface area contributed by atoms with E-state index in [2.05, 4.69) is 0 Å². The second kappa shape index (κ2) is 5.61. The first-order valence-electron chi connectivity index (χ1n) is 4.96. The lowest BCUT2D eigenvalue weighted by molar-refractivity contribution is 0.0697. The average Bonchev–Trinajstić information content (AvgIpc) is 2.79. The maximum Gasteiger partial charge on any atom is 0.349 e. The van der Waals surface area contributed by atoms with Gasteiger partial charge in [-0.25, -0.2) is 4.79 Å². The number of hydrogen-bond donors (Lipinski definition) is 1. The number of thiophene rings is 1. The van der Waals surface area contributed by atoms with Crippen LogP contribution in [0, 0.1) is 0 Å². The summed E-state index contributed by atoms with van der Waals surface area (Å²) in [4.78, 5) is 11.1. The van der Waals surface area contributed by atoms with Gasteiger partial charge in [0.2, 0.25) is 0 Å². The number of halogens is 2. The van der Waals surface area contributed by atoms with E-state index < -0.39 is 5.97 Å². The molecule has 1 aromatic heterocycles. The molecule has 0 radical (unpaired) electrons. The highest BCUT2D eigenvalue weighted by Crippen LogP contribution is 2.29. The molecule has 0 spiro atoms. The first kappa shape index (κ1) is 13.2. The lowest BCUT2D eigenvalue weighted by Crippen LogP contribution is -2.00. The third kappa shape index (κ3) is 2.77. The van der Waals surface area contributed by atoms with Gasteiger partial charge >= 0.3 is 5.97 Å². The van der Waals surface area contributed by atoms with Crippen molar-refractivity contribution in [3.05, 3.63) is 50.1 Å². The minimum absolute atomic E-state index is 0.174. The van der Waals surface area contributed by atoms with Gasteiger partial charge in [-0.3, -0.25) is 0 Å². The third-order valence-electron chi connectivity index (χ3n) is 2.24. The zero-order valence-electron chi connectivity index (χ0n) is 9.02. The van der Waals surface area contributed by atoms with Gasteiger partial charge in [-0.05, 0) is 17.5 Å². The fourth-order valence-corrected chi connectivity index (χ4v) is 2.43. The van der Waals surface area contributed by atoms with Crippen molar-refractivity contribution in [3.8, 4) is 5.75 Å². The van der Waals surface area contributed by atoms with Crippen molar-refractivity contribution < 1.29 is 14.6 Å². The molecule has 18 heavy (non-hydrogen) atoms. The second-order valence-corrected chi connectivity index (χ2v) is 5.12. The van der Waals surface area contributed by atoms with E-state index in [0.29, 0.717) is 21.4 Å². The van der Waals surface area contributed by atoms with E-state index in [0.717, 1.165) is 11.3 Å². The van der Waals surface area contributed by atoms with Crippen LogP contribution in [0.25, 0.3) is 0 Å². The van der Waals surface area contributed by atoms with E-state index in [4.69, 9.17) is 33.0 Å². The van der Waals surface area contributed by atoms with Gasteiger partial charge in [0.05, 0.1) is 10.0 Å². The Labute approximate surface area is 118 Å². The van der Waals surface area contributed by atoms with Crippen molar-refractivity contribution in [1.29, 1.82) is 0 Å². The molecule has 0 fully saturated rings. The maximum absolute atomic E-state index is 10.9. The molecule has 0 aliphatic carbocycles. The van der Waals surface area contributed by atoms with Crippen molar-refractivity contribution in [2.75, 3.05) is 0 Å². The summed E-state index contributed by atoms with van der Waals surface area (Å²) in [6.07, 6.45) is 0. The zero-order chi connectivity index (χ0) is 13.1. The van der Waals surface area contributed by atoms with Crippen LogP contribution >= 0.6 is 34.5 Å². The van der Waals surface area contributed by atoms with Gasteiger partial charge in [0, 0.05) is 5.56 Å². The van der Waals surface area contributed by atoms with Crippen LogP contribution in [0.15, 0.2) is 29.6 Å². The molecule has 1 heterocycles. The zero-order valence-corrected chi connectivity index (χ0v) is 11.4. The van der Waals surface area contributed by atoms with E-state index >= 15 is 0 Å². The van der Waals surface area contributed by atoms with E-state index in [-0.39, 0.29) is 11.5 Å². The molecule has 94 valence electrons. The lowest BCUT2D eigenvalue weighted by Gasteiger charge is -2.08. The minimum Gasteiger partial charge on any atom is -0.487 e. The summed E-state index contributed by atoms with van der Waals surface area (Å²) in [5.74, 6) is -0.666. The maximum atomic E-state index is 10.9. The molecular weight excluding hydrogens is 295 g/mol. The Morgan fingerprint density at radius 2 is 2.11 bits per heavy atom. The van der Waals surface area contributed by atoms with E-state index in [9.17, 15) is 4.79 Å². The number of carbonyl (C=O) groups is 1. The van der Waals surface area contributed by atoms with Gasteiger partial charge in [-0.15, -0.1) is 11.3 Å². The Morgan fingerprint density at radius 3 is 2.83 bits per heavy atom. The van der Waals surface area contributed by atoms with Gasteiger partial charge in [0.1, 0.15) is 12.4 Å². The number of benzene rings is 1. The summed E-state index contributed by atoms with van der Waals surface area (Å²) >= 11 is 13.0. The number of aromatic carboxylic acids is 1. The van der Waals surface area contributed by atoms with Crippen molar-refractivity contribution in [2.45, 2.75) is 6.61 Å². The van der Waals surface area contributed by atoms with Crippen LogP contribution in [-0.4, -0.2) is 11.1 Å². The summed E-state index contributed by atoms with van der Waals surface area (Å²) in [6, 6.07) is 6.84. The van der Waals surface area contributed by atoms with Crippen LogP contribution in [-0.2, 0) is 6.61 Å². The van der Waals surface area contributed by atoms with Crippen molar-refractivity contribution >= 4 is 40.5 Å². The number of ether oxygens (including phenoxy) is 1. The predicted octanol–water partition coefficient (Wildman–Crippen LogP) is 4.33. The topological polar surface area (TPSA) is 46.5 Å². The van der Waals surface area contributed by atoms with E-state index in [1.54, 1.807) is 29.6 Å². The Kier molecular flexibility index (Phi) is 4.11. The summed E-state index contributed by atoms with van der Waals surface area (Å²) in [5.41, 5.74) is 0.715. The molecule has 0 aliphatic heterocycles. The van der Waals surface area contributed by atoms with E-state index in [1.807, 2.05) is 0 Å². The highest BCUT2D eigenvalue weighted by molar-refractivity contribution is 7.12. The third-order valence-corrected chi connectivity index (χ3v) is 3.98. The Morgan fingerprint density at radius 1 is 1.33 bits per heavy atom. The van der Waals surface area contributed by atoms with Crippen LogP contribution in [0.5, 0.6) is 5.75 Å². The Balaban J connectivity index is 2.14. The second-order valence-electron chi connectivity index (χ2n) is 3.42. The number of rotatable bonds is 4. The van der Waals surface area contributed by atoms with Gasteiger partial charge in [-0.1, -0.05) is 35.3 Å². The normalized spacial score (nSPS) is 10.3. The summed E-state index contributed by atoms with van der Waals surface area (Å²) in [6.45, 7) is 0.177. The highest BCUT2D eigenvalue weighted by atomic mass is 35.5. The Hall–Kier alpha value is -1.23. The van der Waals surface area contributed by atoms with Gasteiger partial charge in [0.25, 0.3) is 0 Å². The molecule has 0 saturated carbocycles. The molecule has 6 heteroatoms. The molecule has 0 bridgehead atoms. The Bertz CT molecular complexity index is 580. The van der Waals surface area contributed by atoms with Crippen molar-refractivity contribution in [1.82, 2.24) is 0 Å². The quantitative estimate of drug-likeness (QED) is 0.914. The van der Waals surface area contributed by atoms with Crippen LogP contribution in [0.1, 0.15) is 15.2 Å². The molecular formula is C12H8Cl2O3S.